The molecule has 0 aromatic heterocycles. The number of hydrogen-bond donors (Lipinski definition) is 0. The molecule has 18 heavy (non-hydrogen) atoms. The second kappa shape index (κ2) is 5.85. The van der Waals surface area contributed by atoms with Gasteiger partial charge in [-0.1, -0.05) is 25.2 Å². The lowest BCUT2D eigenvalue weighted by atomic mass is 9.80. The minimum atomic E-state index is -0.537. The minimum absolute atomic E-state index is 0.140. The van der Waals surface area contributed by atoms with Crippen LogP contribution < -0.4 is 0 Å². The van der Waals surface area contributed by atoms with E-state index in [1.54, 1.807) is 0 Å². The van der Waals surface area contributed by atoms with Crippen molar-refractivity contribution >= 4 is 12.0 Å². The van der Waals surface area contributed by atoms with E-state index in [9.17, 15) is 9.59 Å². The van der Waals surface area contributed by atoms with Gasteiger partial charge in [0, 0.05) is 6.92 Å². The molecule has 1 saturated heterocycles. The van der Waals surface area contributed by atoms with Crippen LogP contribution in [0.2, 0.25) is 0 Å². The first-order valence-corrected chi connectivity index (χ1v) is 6.15. The van der Waals surface area contributed by atoms with Crippen molar-refractivity contribution in [1.29, 1.82) is 0 Å². The standard InChI is InChI=1S/C14H21NO3/c1-5-7-8-14(4,6-2)9-12-10-18-13(17)15(12)11(3)16/h5-7,12H,2,8-10H2,1,3-4H3/b7-5-/t12-,14?/m0/s1. The second-order valence-corrected chi connectivity index (χ2v) is 4.96. The zero-order chi connectivity index (χ0) is 13.8. The highest BCUT2D eigenvalue weighted by Gasteiger charge is 2.39. The van der Waals surface area contributed by atoms with Crippen LogP contribution >= 0.6 is 0 Å². The van der Waals surface area contributed by atoms with Crippen molar-refractivity contribution in [2.24, 2.45) is 5.41 Å². The zero-order valence-corrected chi connectivity index (χ0v) is 11.3. The molecule has 0 saturated carbocycles. The van der Waals surface area contributed by atoms with E-state index in [1.165, 1.54) is 11.8 Å². The molecular formula is C14H21NO3. The Bertz CT molecular complexity index is 375. The monoisotopic (exact) mass is 251 g/mol. The third kappa shape index (κ3) is 3.22. The summed E-state index contributed by atoms with van der Waals surface area (Å²) in [6, 6.07) is -0.191. The van der Waals surface area contributed by atoms with Gasteiger partial charge in [0.1, 0.15) is 6.61 Å². The van der Waals surface area contributed by atoms with E-state index in [0.29, 0.717) is 6.42 Å². The molecule has 0 aliphatic carbocycles. The molecule has 1 heterocycles. The highest BCUT2D eigenvalue weighted by Crippen LogP contribution is 2.33. The Morgan fingerprint density at radius 3 is 2.83 bits per heavy atom. The van der Waals surface area contributed by atoms with Crippen molar-refractivity contribution in [1.82, 2.24) is 4.90 Å². The van der Waals surface area contributed by atoms with Crippen molar-refractivity contribution in [3.8, 4) is 0 Å². The number of amides is 2. The van der Waals surface area contributed by atoms with E-state index in [1.807, 2.05) is 19.1 Å². The van der Waals surface area contributed by atoms with Crippen LogP contribution in [0.25, 0.3) is 0 Å². The summed E-state index contributed by atoms with van der Waals surface area (Å²) in [4.78, 5) is 24.1. The maximum Gasteiger partial charge on any atom is 0.416 e. The predicted octanol–water partition coefficient (Wildman–Crippen LogP) is 2.90. The topological polar surface area (TPSA) is 46.6 Å². The van der Waals surface area contributed by atoms with Gasteiger partial charge in [0.15, 0.2) is 0 Å². The Labute approximate surface area is 108 Å². The van der Waals surface area contributed by atoms with E-state index < -0.39 is 6.09 Å². The van der Waals surface area contributed by atoms with Gasteiger partial charge in [0.05, 0.1) is 6.04 Å². The molecule has 1 aliphatic heterocycles. The number of allylic oxidation sites excluding steroid dienone is 3. The van der Waals surface area contributed by atoms with E-state index >= 15 is 0 Å². The van der Waals surface area contributed by atoms with Gasteiger partial charge in [-0.25, -0.2) is 9.69 Å². The Kier molecular flexibility index (Phi) is 4.70. The fourth-order valence-corrected chi connectivity index (χ4v) is 2.17. The molecule has 1 fully saturated rings. The smallest absolute Gasteiger partial charge is 0.416 e. The van der Waals surface area contributed by atoms with Crippen molar-refractivity contribution in [2.75, 3.05) is 6.61 Å². The molecule has 4 heteroatoms. The fraction of sp³-hybridized carbons (Fsp3) is 0.571. The maximum atomic E-state index is 11.5. The summed E-state index contributed by atoms with van der Waals surface area (Å²) >= 11 is 0. The van der Waals surface area contributed by atoms with Gasteiger partial charge in [-0.3, -0.25) is 4.79 Å². The zero-order valence-electron chi connectivity index (χ0n) is 11.3. The molecule has 1 rings (SSSR count). The SMILES string of the molecule is C=CC(C)(C/C=C\C)C[C@H]1COC(=O)N1C(C)=O. The number of cyclic esters (lactones) is 1. The third-order valence-electron chi connectivity index (χ3n) is 3.31. The number of rotatable bonds is 5. The van der Waals surface area contributed by atoms with Crippen LogP contribution in [0.3, 0.4) is 0 Å². The lowest BCUT2D eigenvalue weighted by Crippen LogP contribution is -2.40. The number of hydrogen-bond acceptors (Lipinski definition) is 3. The Balaban J connectivity index is 2.78. The summed E-state index contributed by atoms with van der Waals surface area (Å²) in [5.74, 6) is -0.264. The largest absolute Gasteiger partial charge is 0.447 e. The van der Waals surface area contributed by atoms with Crippen LogP contribution in [0.4, 0.5) is 4.79 Å². The molecule has 0 aromatic carbocycles. The molecule has 0 bridgehead atoms. The van der Waals surface area contributed by atoms with Gasteiger partial charge in [0.2, 0.25) is 5.91 Å². The lowest BCUT2D eigenvalue weighted by Gasteiger charge is -2.29. The Morgan fingerprint density at radius 1 is 1.67 bits per heavy atom. The van der Waals surface area contributed by atoms with Gasteiger partial charge in [-0.05, 0) is 25.2 Å². The quantitative estimate of drug-likeness (QED) is 0.706. The fourth-order valence-electron chi connectivity index (χ4n) is 2.17. The van der Waals surface area contributed by atoms with E-state index in [4.69, 9.17) is 4.74 Å². The van der Waals surface area contributed by atoms with Crippen LogP contribution in [0.15, 0.2) is 24.8 Å². The number of nitrogens with zero attached hydrogens (tertiary/aromatic N) is 1. The van der Waals surface area contributed by atoms with Gasteiger partial charge in [-0.2, -0.15) is 0 Å². The van der Waals surface area contributed by atoms with Crippen molar-refractivity contribution in [2.45, 2.75) is 39.7 Å². The van der Waals surface area contributed by atoms with Gasteiger partial charge >= 0.3 is 6.09 Å². The molecule has 1 unspecified atom stereocenters. The summed E-state index contributed by atoms with van der Waals surface area (Å²) in [6.45, 7) is 9.55. The van der Waals surface area contributed by atoms with E-state index in [2.05, 4.69) is 19.6 Å². The highest BCUT2D eigenvalue weighted by molar-refractivity contribution is 5.92. The first kappa shape index (κ1) is 14.5. The number of ether oxygens (including phenoxy) is 1. The van der Waals surface area contributed by atoms with Crippen molar-refractivity contribution in [3.63, 3.8) is 0 Å². The Morgan fingerprint density at radius 2 is 2.33 bits per heavy atom. The highest BCUT2D eigenvalue weighted by atomic mass is 16.6. The average molecular weight is 251 g/mol. The van der Waals surface area contributed by atoms with Crippen LogP contribution in [-0.4, -0.2) is 29.5 Å². The molecule has 100 valence electrons. The number of carbonyl (C=O) groups is 2. The number of carbonyl (C=O) groups excluding carboxylic acids is 2. The first-order chi connectivity index (χ1) is 8.43. The normalized spacial score (nSPS) is 22.9. The molecule has 0 spiro atoms. The molecule has 4 nitrogen and oxygen atoms in total. The van der Waals surface area contributed by atoms with Gasteiger partial charge in [0.25, 0.3) is 0 Å². The molecule has 0 aromatic rings. The van der Waals surface area contributed by atoms with Crippen LogP contribution in [-0.2, 0) is 9.53 Å². The third-order valence-corrected chi connectivity index (χ3v) is 3.31. The first-order valence-electron chi connectivity index (χ1n) is 6.15. The molecule has 2 amide bonds. The summed E-state index contributed by atoms with van der Waals surface area (Å²) in [5, 5.41) is 0. The predicted molar refractivity (Wildman–Crippen MR) is 70.0 cm³/mol. The van der Waals surface area contributed by atoms with Gasteiger partial charge < -0.3 is 4.74 Å². The summed E-state index contributed by atoms with van der Waals surface area (Å²) in [7, 11) is 0. The van der Waals surface area contributed by atoms with Crippen LogP contribution in [0, 0.1) is 5.41 Å². The molecule has 0 radical (unpaired) electrons. The van der Waals surface area contributed by atoms with Crippen molar-refractivity contribution < 1.29 is 14.3 Å². The van der Waals surface area contributed by atoms with Crippen LogP contribution in [0.5, 0.6) is 0 Å². The van der Waals surface area contributed by atoms with Gasteiger partial charge in [-0.15, -0.1) is 6.58 Å². The molecular weight excluding hydrogens is 230 g/mol. The lowest BCUT2D eigenvalue weighted by molar-refractivity contribution is -0.127. The summed E-state index contributed by atoms with van der Waals surface area (Å²) in [5.41, 5.74) is -0.140. The summed E-state index contributed by atoms with van der Waals surface area (Å²) < 4.78 is 4.95. The summed E-state index contributed by atoms with van der Waals surface area (Å²) in [6.07, 6.45) is 6.91. The minimum Gasteiger partial charge on any atom is -0.447 e. The maximum absolute atomic E-state index is 11.5. The average Bonchev–Trinajstić information content (AvgIpc) is 2.67. The molecule has 2 atom stereocenters. The van der Waals surface area contributed by atoms with E-state index in [-0.39, 0.29) is 24.0 Å². The number of imide groups is 1. The van der Waals surface area contributed by atoms with E-state index in [0.717, 1.165) is 6.42 Å². The molecule has 0 N–H and O–H groups in total. The molecule has 1 aliphatic rings. The van der Waals surface area contributed by atoms with Crippen LogP contribution in [0.1, 0.15) is 33.6 Å². The Hall–Kier alpha value is -1.58. The van der Waals surface area contributed by atoms with Crippen molar-refractivity contribution in [3.05, 3.63) is 24.8 Å². The second-order valence-electron chi connectivity index (χ2n) is 4.96.